The van der Waals surface area contributed by atoms with Crippen molar-refractivity contribution in [1.82, 2.24) is 5.32 Å². The van der Waals surface area contributed by atoms with Crippen molar-refractivity contribution >= 4 is 11.9 Å². The highest BCUT2D eigenvalue weighted by Crippen LogP contribution is 2.07. The number of amides is 1. The summed E-state index contributed by atoms with van der Waals surface area (Å²) in [6.45, 7) is 0.387. The van der Waals surface area contributed by atoms with Crippen molar-refractivity contribution in [3.63, 3.8) is 0 Å². The van der Waals surface area contributed by atoms with Gasteiger partial charge in [0.1, 0.15) is 6.04 Å². The van der Waals surface area contributed by atoms with E-state index in [4.69, 9.17) is 4.74 Å². The molecule has 78 valence electrons. The maximum atomic E-state index is 11.6. The molecule has 1 aliphatic heterocycles. The fourth-order valence-electron chi connectivity index (χ4n) is 1.46. The summed E-state index contributed by atoms with van der Waals surface area (Å²) < 4.78 is 4.75. The van der Waals surface area contributed by atoms with Gasteiger partial charge in [-0.1, -0.05) is 18.2 Å². The summed E-state index contributed by atoms with van der Waals surface area (Å²) in [6.07, 6.45) is 0.553. The number of ether oxygens (including phenoxy) is 1. The Morgan fingerprint density at radius 1 is 1.33 bits per heavy atom. The maximum absolute atomic E-state index is 11.6. The first-order chi connectivity index (χ1) is 7.27. The molecule has 1 saturated heterocycles. The van der Waals surface area contributed by atoms with Crippen molar-refractivity contribution in [1.29, 1.82) is 0 Å². The molecule has 1 unspecified atom stereocenters. The van der Waals surface area contributed by atoms with E-state index >= 15 is 0 Å². The summed E-state index contributed by atoms with van der Waals surface area (Å²) in [7, 11) is 0. The molecule has 0 radical (unpaired) electrons. The SMILES string of the molecule is O=C(NC1CCOC1=O)c1ccccc1. The highest BCUT2D eigenvalue weighted by Gasteiger charge is 2.27. The monoisotopic (exact) mass is 205 g/mol. The van der Waals surface area contributed by atoms with Crippen LogP contribution >= 0.6 is 0 Å². The molecule has 1 aliphatic rings. The summed E-state index contributed by atoms with van der Waals surface area (Å²) in [6, 6.07) is 8.31. The van der Waals surface area contributed by atoms with Crippen LogP contribution < -0.4 is 5.32 Å². The average molecular weight is 205 g/mol. The molecule has 1 amide bonds. The predicted octanol–water partition coefficient (Wildman–Crippen LogP) is 0.732. The lowest BCUT2D eigenvalue weighted by atomic mass is 10.2. The lowest BCUT2D eigenvalue weighted by Crippen LogP contribution is -2.37. The number of carbonyl (C=O) groups excluding carboxylic acids is 2. The van der Waals surface area contributed by atoms with Crippen LogP contribution in [0.1, 0.15) is 16.8 Å². The van der Waals surface area contributed by atoms with Gasteiger partial charge in [0.05, 0.1) is 6.61 Å². The molecule has 0 bridgehead atoms. The molecular weight excluding hydrogens is 194 g/mol. The van der Waals surface area contributed by atoms with Gasteiger partial charge < -0.3 is 10.1 Å². The van der Waals surface area contributed by atoms with Crippen molar-refractivity contribution in [2.45, 2.75) is 12.5 Å². The van der Waals surface area contributed by atoms with Crippen molar-refractivity contribution in [3.05, 3.63) is 35.9 Å². The van der Waals surface area contributed by atoms with Crippen LogP contribution in [-0.4, -0.2) is 24.5 Å². The molecule has 1 fully saturated rings. The fourth-order valence-corrected chi connectivity index (χ4v) is 1.46. The van der Waals surface area contributed by atoms with Crippen LogP contribution in [0.3, 0.4) is 0 Å². The Hall–Kier alpha value is -1.84. The second-order valence-corrected chi connectivity index (χ2v) is 3.35. The molecule has 1 heterocycles. The van der Waals surface area contributed by atoms with E-state index in [0.717, 1.165) is 0 Å². The van der Waals surface area contributed by atoms with E-state index in [0.29, 0.717) is 18.6 Å². The zero-order valence-corrected chi connectivity index (χ0v) is 8.10. The van der Waals surface area contributed by atoms with Crippen LogP contribution in [0.25, 0.3) is 0 Å². The predicted molar refractivity (Wildman–Crippen MR) is 53.3 cm³/mol. The van der Waals surface area contributed by atoms with Crippen LogP contribution in [0, 0.1) is 0 Å². The first kappa shape index (κ1) is 9.71. The Bertz CT molecular complexity index is 375. The molecular formula is C11H11NO3. The number of esters is 1. The second kappa shape index (κ2) is 4.13. The summed E-state index contributed by atoms with van der Waals surface area (Å²) in [5.74, 6) is -0.585. The van der Waals surface area contributed by atoms with Crippen LogP contribution in [-0.2, 0) is 9.53 Å². The molecule has 1 atom stereocenters. The third-order valence-electron chi connectivity index (χ3n) is 2.28. The highest BCUT2D eigenvalue weighted by molar-refractivity contribution is 5.96. The average Bonchev–Trinajstić information content (AvgIpc) is 2.66. The number of hydrogen-bond donors (Lipinski definition) is 1. The van der Waals surface area contributed by atoms with Gasteiger partial charge in [0.25, 0.3) is 5.91 Å². The number of rotatable bonds is 2. The molecule has 1 N–H and O–H groups in total. The van der Waals surface area contributed by atoms with Crippen LogP contribution in [0.15, 0.2) is 30.3 Å². The Labute approximate surface area is 87.2 Å². The van der Waals surface area contributed by atoms with Gasteiger partial charge in [-0.15, -0.1) is 0 Å². The quantitative estimate of drug-likeness (QED) is 0.724. The van der Waals surface area contributed by atoms with Gasteiger partial charge in [-0.3, -0.25) is 4.79 Å². The molecule has 1 aromatic carbocycles. The van der Waals surface area contributed by atoms with E-state index in [2.05, 4.69) is 5.32 Å². The van der Waals surface area contributed by atoms with Crippen molar-refractivity contribution < 1.29 is 14.3 Å². The Balaban J connectivity index is 2.01. The number of hydrogen-bond acceptors (Lipinski definition) is 3. The molecule has 0 aromatic heterocycles. The van der Waals surface area contributed by atoms with Gasteiger partial charge in [-0.05, 0) is 12.1 Å². The number of benzene rings is 1. The Morgan fingerprint density at radius 3 is 2.67 bits per heavy atom. The Kier molecular flexibility index (Phi) is 2.67. The van der Waals surface area contributed by atoms with Gasteiger partial charge >= 0.3 is 5.97 Å². The molecule has 0 spiro atoms. The van der Waals surface area contributed by atoms with Gasteiger partial charge in [0, 0.05) is 12.0 Å². The van der Waals surface area contributed by atoms with E-state index in [9.17, 15) is 9.59 Å². The van der Waals surface area contributed by atoms with Crippen molar-refractivity contribution in [2.75, 3.05) is 6.61 Å². The minimum Gasteiger partial charge on any atom is -0.464 e. The highest BCUT2D eigenvalue weighted by atomic mass is 16.5. The zero-order valence-electron chi connectivity index (χ0n) is 8.10. The van der Waals surface area contributed by atoms with Crippen molar-refractivity contribution in [3.8, 4) is 0 Å². The lowest BCUT2D eigenvalue weighted by molar-refractivity contribution is -0.139. The second-order valence-electron chi connectivity index (χ2n) is 3.35. The molecule has 1 aromatic rings. The summed E-state index contributed by atoms with van der Waals surface area (Å²) in [5, 5.41) is 2.63. The molecule has 4 heteroatoms. The van der Waals surface area contributed by atoms with Crippen LogP contribution in [0.4, 0.5) is 0 Å². The summed E-state index contributed by atoms with van der Waals surface area (Å²) in [4.78, 5) is 22.7. The van der Waals surface area contributed by atoms with E-state index in [1.54, 1.807) is 24.3 Å². The molecule has 4 nitrogen and oxygen atoms in total. The van der Waals surface area contributed by atoms with Gasteiger partial charge in [0.15, 0.2) is 0 Å². The van der Waals surface area contributed by atoms with E-state index < -0.39 is 6.04 Å². The zero-order chi connectivity index (χ0) is 10.7. The fraction of sp³-hybridized carbons (Fsp3) is 0.273. The number of cyclic esters (lactones) is 1. The Morgan fingerprint density at radius 2 is 2.07 bits per heavy atom. The van der Waals surface area contributed by atoms with Crippen molar-refractivity contribution in [2.24, 2.45) is 0 Å². The topological polar surface area (TPSA) is 55.4 Å². The van der Waals surface area contributed by atoms with Gasteiger partial charge in [-0.2, -0.15) is 0 Å². The van der Waals surface area contributed by atoms with E-state index in [1.165, 1.54) is 0 Å². The van der Waals surface area contributed by atoms with E-state index in [-0.39, 0.29) is 11.9 Å². The van der Waals surface area contributed by atoms with Gasteiger partial charge in [-0.25, -0.2) is 4.79 Å². The molecule has 15 heavy (non-hydrogen) atoms. The minimum absolute atomic E-state index is 0.237. The first-order valence-corrected chi connectivity index (χ1v) is 4.80. The number of carbonyl (C=O) groups is 2. The van der Waals surface area contributed by atoms with E-state index in [1.807, 2.05) is 6.07 Å². The third kappa shape index (κ3) is 2.15. The summed E-state index contributed by atoms with van der Waals surface area (Å²) in [5.41, 5.74) is 0.553. The largest absolute Gasteiger partial charge is 0.464 e. The minimum atomic E-state index is -0.488. The molecule has 0 saturated carbocycles. The normalized spacial score (nSPS) is 19.7. The third-order valence-corrected chi connectivity index (χ3v) is 2.28. The lowest BCUT2D eigenvalue weighted by Gasteiger charge is -2.08. The van der Waals surface area contributed by atoms with Gasteiger partial charge in [0.2, 0.25) is 0 Å². The summed E-state index contributed by atoms with van der Waals surface area (Å²) >= 11 is 0. The number of nitrogens with one attached hydrogen (secondary N) is 1. The van der Waals surface area contributed by atoms with Crippen LogP contribution in [0.2, 0.25) is 0 Å². The van der Waals surface area contributed by atoms with Crippen LogP contribution in [0.5, 0.6) is 0 Å². The smallest absolute Gasteiger partial charge is 0.328 e. The standard InChI is InChI=1S/C11H11NO3/c13-10(8-4-2-1-3-5-8)12-9-6-7-15-11(9)14/h1-5,9H,6-7H2,(H,12,13). The molecule has 2 rings (SSSR count). The molecule has 0 aliphatic carbocycles. The maximum Gasteiger partial charge on any atom is 0.328 e. The first-order valence-electron chi connectivity index (χ1n) is 4.80.